The molecule has 2 aromatic heterocycles. The van der Waals surface area contributed by atoms with Gasteiger partial charge in [-0.05, 0) is 51.6 Å². The van der Waals surface area contributed by atoms with Gasteiger partial charge in [-0.2, -0.15) is 0 Å². The molecule has 7 nitrogen and oxygen atoms in total. The minimum absolute atomic E-state index is 0.134. The lowest BCUT2D eigenvalue weighted by Crippen LogP contribution is -2.50. The number of aliphatic hydroxyl groups is 1. The van der Waals surface area contributed by atoms with Crippen LogP contribution in [0.2, 0.25) is 0 Å². The number of nitrogen functional groups attached to an aromatic ring is 1. The molecule has 0 radical (unpaired) electrons. The van der Waals surface area contributed by atoms with Gasteiger partial charge in [0, 0.05) is 30.4 Å². The van der Waals surface area contributed by atoms with Gasteiger partial charge in [0.05, 0.1) is 17.0 Å². The summed E-state index contributed by atoms with van der Waals surface area (Å²) >= 11 is 0. The first kappa shape index (κ1) is 25.3. The Bertz CT molecular complexity index is 1360. The van der Waals surface area contributed by atoms with E-state index in [0.29, 0.717) is 36.6 Å². The molecule has 186 valence electrons. The van der Waals surface area contributed by atoms with Crippen molar-refractivity contribution in [3.05, 3.63) is 103 Å². The highest BCUT2D eigenvalue weighted by Gasteiger charge is 2.45. The fraction of sp³-hybridized carbons (Fsp3) is 0.276. The van der Waals surface area contributed by atoms with E-state index in [0.717, 1.165) is 28.2 Å². The normalized spacial score (nSPS) is 23.6. The van der Waals surface area contributed by atoms with Crippen molar-refractivity contribution in [1.29, 1.82) is 0 Å². The summed E-state index contributed by atoms with van der Waals surface area (Å²) in [5, 5.41) is 10.9. The number of nitrogens with zero attached hydrogens (tertiary/aromatic N) is 5. The zero-order valence-corrected chi connectivity index (χ0v) is 21.2. The van der Waals surface area contributed by atoms with Crippen molar-refractivity contribution in [2.75, 3.05) is 26.4 Å². The molecule has 2 heterocycles. The average molecular weight is 483 g/mol. The van der Waals surface area contributed by atoms with Crippen LogP contribution >= 0.6 is 0 Å². The third kappa shape index (κ3) is 5.37. The number of rotatable bonds is 8. The minimum atomic E-state index is -0.698. The smallest absolute Gasteiger partial charge is 0.150 e. The summed E-state index contributed by atoms with van der Waals surface area (Å²) in [6.07, 6.45) is 22.3. The van der Waals surface area contributed by atoms with E-state index in [9.17, 15) is 5.11 Å². The van der Waals surface area contributed by atoms with E-state index in [1.54, 1.807) is 6.20 Å². The van der Waals surface area contributed by atoms with Gasteiger partial charge >= 0.3 is 0 Å². The maximum absolute atomic E-state index is 10.9. The van der Waals surface area contributed by atoms with Crippen LogP contribution in [0, 0.1) is 0 Å². The first-order valence-corrected chi connectivity index (χ1v) is 12.0. The van der Waals surface area contributed by atoms with Crippen molar-refractivity contribution in [2.45, 2.75) is 31.3 Å². The number of aromatic nitrogens is 3. The quantitative estimate of drug-likeness (QED) is 0.535. The average Bonchev–Trinajstić information content (AvgIpc) is 3.19. The zero-order chi connectivity index (χ0) is 25.9. The highest BCUT2D eigenvalue weighted by molar-refractivity contribution is 6.17. The summed E-state index contributed by atoms with van der Waals surface area (Å²) in [6, 6.07) is 0. The van der Waals surface area contributed by atoms with Crippen molar-refractivity contribution in [3.8, 4) is 0 Å². The molecule has 1 fully saturated rings. The number of fused-ring (bicyclic) bond motifs is 1. The van der Waals surface area contributed by atoms with Gasteiger partial charge in [0.15, 0.2) is 0 Å². The SMILES string of the molecule is C=C(/C=C/C=C\C=C/C)N=C1C=C(c2nc(C3CC(O)(CN(C)C)C3)n3ccnc(N)c23)C=CC1=C. The maximum atomic E-state index is 10.9. The second kappa shape index (κ2) is 10.4. The lowest BCUT2D eigenvalue weighted by Gasteiger charge is -2.44. The van der Waals surface area contributed by atoms with E-state index < -0.39 is 5.60 Å². The molecule has 4 rings (SSSR count). The lowest BCUT2D eigenvalue weighted by molar-refractivity contribution is -0.0664. The Labute approximate surface area is 212 Å². The first-order valence-electron chi connectivity index (χ1n) is 12.0. The molecule has 0 saturated heterocycles. The predicted octanol–water partition coefficient (Wildman–Crippen LogP) is 4.63. The Morgan fingerprint density at radius 1 is 1.28 bits per heavy atom. The summed E-state index contributed by atoms with van der Waals surface area (Å²) in [5.74, 6) is 1.43. The van der Waals surface area contributed by atoms with E-state index >= 15 is 0 Å². The van der Waals surface area contributed by atoms with Crippen LogP contribution in [0.3, 0.4) is 0 Å². The van der Waals surface area contributed by atoms with Gasteiger partial charge < -0.3 is 15.7 Å². The molecule has 2 aliphatic rings. The van der Waals surface area contributed by atoms with Crippen LogP contribution in [-0.2, 0) is 0 Å². The van der Waals surface area contributed by atoms with Crippen LogP contribution in [-0.4, -0.2) is 56.3 Å². The van der Waals surface area contributed by atoms with Crippen molar-refractivity contribution in [1.82, 2.24) is 19.3 Å². The van der Waals surface area contributed by atoms with Crippen LogP contribution in [0.25, 0.3) is 11.1 Å². The van der Waals surface area contributed by atoms with Crippen molar-refractivity contribution >= 4 is 22.6 Å². The predicted molar refractivity (Wildman–Crippen MR) is 149 cm³/mol. The molecule has 0 atom stereocenters. The molecule has 0 bridgehead atoms. The summed E-state index contributed by atoms with van der Waals surface area (Å²) in [6.45, 7) is 10.8. The van der Waals surface area contributed by atoms with Crippen LogP contribution in [0.5, 0.6) is 0 Å². The first-order chi connectivity index (χ1) is 17.2. The third-order valence-electron chi connectivity index (χ3n) is 6.28. The van der Waals surface area contributed by atoms with E-state index in [4.69, 9.17) is 10.7 Å². The topological polar surface area (TPSA) is 92.0 Å². The maximum Gasteiger partial charge on any atom is 0.150 e. The van der Waals surface area contributed by atoms with Crippen LogP contribution in [0.15, 0.2) is 96.5 Å². The number of allylic oxidation sites excluding steroid dienone is 11. The number of anilines is 1. The highest BCUT2D eigenvalue weighted by atomic mass is 16.3. The van der Waals surface area contributed by atoms with E-state index in [2.05, 4.69) is 23.1 Å². The highest BCUT2D eigenvalue weighted by Crippen LogP contribution is 2.45. The zero-order valence-electron chi connectivity index (χ0n) is 21.2. The number of hydrogen-bond acceptors (Lipinski definition) is 6. The molecular formula is C29H34N6O. The molecule has 7 heteroatoms. The monoisotopic (exact) mass is 482 g/mol. The van der Waals surface area contributed by atoms with Gasteiger partial charge in [-0.3, -0.25) is 4.40 Å². The van der Waals surface area contributed by atoms with Crippen LogP contribution in [0.4, 0.5) is 5.82 Å². The van der Waals surface area contributed by atoms with Crippen molar-refractivity contribution in [3.63, 3.8) is 0 Å². The fourth-order valence-corrected chi connectivity index (χ4v) is 4.75. The standard InChI is InChI=1S/C29H34N6O/c1-6-7-8-9-10-11-21(3)32-24-16-22(13-12-20(24)2)25-26-27(30)31-14-15-35(26)28(33-25)23-17-29(36,18-23)19-34(4)5/h6-16,23,36H,2-3,17-19H2,1,4-5H3,(H2,30,31)/b7-6-,9-8-,11-10+,32-24?. The number of aliphatic imine (C=N–C) groups is 1. The van der Waals surface area contributed by atoms with Crippen molar-refractivity contribution < 1.29 is 5.11 Å². The number of imidazole rings is 1. The van der Waals surface area contributed by atoms with Gasteiger partial charge in [-0.15, -0.1) is 0 Å². The second-order valence-corrected chi connectivity index (χ2v) is 9.63. The van der Waals surface area contributed by atoms with Crippen LogP contribution < -0.4 is 5.73 Å². The van der Waals surface area contributed by atoms with Crippen LogP contribution in [0.1, 0.15) is 37.2 Å². The Hall–Kier alpha value is -3.81. The van der Waals surface area contributed by atoms with E-state index in [1.807, 2.05) is 91.2 Å². The Morgan fingerprint density at radius 2 is 2.03 bits per heavy atom. The summed E-state index contributed by atoms with van der Waals surface area (Å²) < 4.78 is 2.01. The minimum Gasteiger partial charge on any atom is -0.389 e. The molecule has 3 N–H and O–H groups in total. The molecule has 2 aromatic rings. The molecular weight excluding hydrogens is 448 g/mol. The Morgan fingerprint density at radius 3 is 2.75 bits per heavy atom. The molecule has 0 unspecified atom stereocenters. The molecule has 36 heavy (non-hydrogen) atoms. The van der Waals surface area contributed by atoms with Gasteiger partial charge in [0.1, 0.15) is 22.9 Å². The molecule has 1 saturated carbocycles. The number of hydrogen-bond donors (Lipinski definition) is 2. The van der Waals surface area contributed by atoms with E-state index in [-0.39, 0.29) is 5.92 Å². The fourth-order valence-electron chi connectivity index (χ4n) is 4.75. The molecule has 0 aromatic carbocycles. The largest absolute Gasteiger partial charge is 0.389 e. The summed E-state index contributed by atoms with van der Waals surface area (Å²) in [4.78, 5) is 16.0. The third-order valence-corrected chi connectivity index (χ3v) is 6.28. The summed E-state index contributed by atoms with van der Waals surface area (Å²) in [5.41, 5.74) is 10.1. The molecule has 0 aliphatic heterocycles. The lowest BCUT2D eigenvalue weighted by atomic mass is 9.70. The van der Waals surface area contributed by atoms with Gasteiger partial charge in [0.25, 0.3) is 0 Å². The molecule has 0 spiro atoms. The second-order valence-electron chi connectivity index (χ2n) is 9.63. The summed E-state index contributed by atoms with van der Waals surface area (Å²) in [7, 11) is 3.95. The van der Waals surface area contributed by atoms with Gasteiger partial charge in [0.2, 0.25) is 0 Å². The molecule has 2 aliphatic carbocycles. The number of likely N-dealkylation sites (N-methyl/N-ethyl adjacent to an activating group) is 1. The van der Waals surface area contributed by atoms with Crippen molar-refractivity contribution in [2.24, 2.45) is 4.99 Å². The molecule has 0 amide bonds. The Balaban J connectivity index is 1.66. The Kier molecular flexibility index (Phi) is 7.33. The van der Waals surface area contributed by atoms with E-state index in [1.165, 1.54) is 0 Å². The number of nitrogens with two attached hydrogens (primary N) is 1. The van der Waals surface area contributed by atoms with Gasteiger partial charge in [-0.25, -0.2) is 15.0 Å². The van der Waals surface area contributed by atoms with Gasteiger partial charge in [-0.1, -0.05) is 55.7 Å².